The van der Waals surface area contributed by atoms with Gasteiger partial charge in [-0.1, -0.05) is 5.16 Å². The molecule has 0 saturated heterocycles. The lowest BCUT2D eigenvalue weighted by Crippen LogP contribution is -2.38. The van der Waals surface area contributed by atoms with Crippen molar-refractivity contribution in [2.75, 3.05) is 13.7 Å². The molecule has 0 aromatic heterocycles. The number of nitrogens with zero attached hydrogens (tertiary/aromatic N) is 1. The first kappa shape index (κ1) is 17.0. The summed E-state index contributed by atoms with van der Waals surface area (Å²) < 4.78 is 54.6. The van der Waals surface area contributed by atoms with Gasteiger partial charge >= 0.3 is 12.3 Å². The largest absolute Gasteiger partial charge is 0.496 e. The van der Waals surface area contributed by atoms with E-state index >= 15 is 0 Å². The number of nitrogens with two attached hydrogens (primary N) is 1. The second-order valence-electron chi connectivity index (χ2n) is 4.18. The van der Waals surface area contributed by atoms with Crippen molar-refractivity contribution in [1.29, 1.82) is 0 Å². The molecular formula is C12H15F4N3O2. The smallest absolute Gasteiger partial charge is 0.319 e. The van der Waals surface area contributed by atoms with Crippen molar-refractivity contribution in [2.24, 2.45) is 10.9 Å². The normalized spacial score (nSPS) is 12.8. The molecule has 0 fully saturated rings. The van der Waals surface area contributed by atoms with Gasteiger partial charge in [-0.3, -0.25) is 0 Å². The van der Waals surface area contributed by atoms with E-state index in [2.05, 4.69) is 10.5 Å². The fraction of sp³-hybridized carbons (Fsp3) is 0.417. The zero-order valence-electron chi connectivity index (χ0n) is 11.1. The van der Waals surface area contributed by atoms with E-state index in [1.54, 1.807) is 0 Å². The third kappa shape index (κ3) is 4.48. The predicted octanol–water partition coefficient (Wildman–Crippen LogP) is 1.78. The van der Waals surface area contributed by atoms with E-state index in [-0.39, 0.29) is 12.4 Å². The molecule has 21 heavy (non-hydrogen) atoms. The van der Waals surface area contributed by atoms with Crippen molar-refractivity contribution in [3.8, 4) is 5.75 Å². The summed E-state index contributed by atoms with van der Waals surface area (Å²) in [4.78, 5) is 0. The van der Waals surface area contributed by atoms with Gasteiger partial charge in [0, 0.05) is 17.7 Å². The fourth-order valence-corrected chi connectivity index (χ4v) is 1.57. The molecule has 0 heterocycles. The quantitative estimate of drug-likeness (QED) is 0.236. The van der Waals surface area contributed by atoms with Crippen LogP contribution in [0.3, 0.4) is 0 Å². The molecule has 0 unspecified atom stereocenters. The highest BCUT2D eigenvalue weighted by Crippen LogP contribution is 2.23. The summed E-state index contributed by atoms with van der Waals surface area (Å²) in [5.41, 5.74) is 6.16. The molecule has 0 aliphatic heterocycles. The average Bonchev–Trinajstić information content (AvgIpc) is 2.45. The van der Waals surface area contributed by atoms with Crippen molar-refractivity contribution >= 4 is 5.84 Å². The SMILES string of the molecule is COc1ccc(/C(N)=N/O)cc1CNCC(F)(F)C(F)F. The van der Waals surface area contributed by atoms with Crippen LogP contribution in [0.2, 0.25) is 0 Å². The number of ether oxygens (including phenoxy) is 1. The number of hydrogen-bond donors (Lipinski definition) is 3. The first-order valence-electron chi connectivity index (χ1n) is 5.83. The molecule has 0 radical (unpaired) electrons. The molecular weight excluding hydrogens is 294 g/mol. The van der Waals surface area contributed by atoms with Crippen LogP contribution in [0.1, 0.15) is 11.1 Å². The summed E-state index contributed by atoms with van der Waals surface area (Å²) in [5, 5.41) is 13.6. The van der Waals surface area contributed by atoms with Gasteiger partial charge in [-0.15, -0.1) is 0 Å². The van der Waals surface area contributed by atoms with Gasteiger partial charge in [-0.25, -0.2) is 8.78 Å². The van der Waals surface area contributed by atoms with Gasteiger partial charge in [0.2, 0.25) is 0 Å². The van der Waals surface area contributed by atoms with Crippen molar-refractivity contribution in [3.63, 3.8) is 0 Å². The van der Waals surface area contributed by atoms with Crippen molar-refractivity contribution in [1.82, 2.24) is 5.32 Å². The third-order valence-corrected chi connectivity index (χ3v) is 2.68. The molecule has 0 aliphatic rings. The Morgan fingerprint density at radius 2 is 2.14 bits per heavy atom. The minimum Gasteiger partial charge on any atom is -0.496 e. The van der Waals surface area contributed by atoms with Crippen LogP contribution in [0.15, 0.2) is 23.4 Å². The van der Waals surface area contributed by atoms with Crippen LogP contribution in [-0.4, -0.2) is 37.0 Å². The summed E-state index contributed by atoms with van der Waals surface area (Å²) in [5.74, 6) is -3.93. The first-order chi connectivity index (χ1) is 9.81. The molecule has 0 bridgehead atoms. The number of benzene rings is 1. The topological polar surface area (TPSA) is 79.9 Å². The zero-order chi connectivity index (χ0) is 16.0. The van der Waals surface area contributed by atoms with E-state index in [0.29, 0.717) is 16.9 Å². The molecule has 4 N–H and O–H groups in total. The summed E-state index contributed by atoms with van der Waals surface area (Å²) >= 11 is 0. The van der Waals surface area contributed by atoms with Crippen molar-refractivity contribution < 1.29 is 27.5 Å². The highest BCUT2D eigenvalue weighted by Gasteiger charge is 2.40. The van der Waals surface area contributed by atoms with E-state index in [9.17, 15) is 17.6 Å². The Balaban J connectivity index is 2.82. The molecule has 9 heteroatoms. The van der Waals surface area contributed by atoms with Crippen molar-refractivity contribution in [3.05, 3.63) is 29.3 Å². The lowest BCUT2D eigenvalue weighted by atomic mass is 10.1. The number of nitrogens with one attached hydrogen (secondary N) is 1. The van der Waals surface area contributed by atoms with E-state index in [1.807, 2.05) is 0 Å². The number of alkyl halides is 4. The molecule has 1 aromatic rings. The average molecular weight is 309 g/mol. The van der Waals surface area contributed by atoms with Crippen LogP contribution >= 0.6 is 0 Å². The molecule has 5 nitrogen and oxygen atoms in total. The van der Waals surface area contributed by atoms with Crippen LogP contribution in [0.25, 0.3) is 0 Å². The lowest BCUT2D eigenvalue weighted by molar-refractivity contribution is -0.125. The maximum atomic E-state index is 12.8. The van der Waals surface area contributed by atoms with Gasteiger partial charge in [-0.2, -0.15) is 8.78 Å². The number of methoxy groups -OCH3 is 1. The summed E-state index contributed by atoms with van der Waals surface area (Å²) in [6.45, 7) is -1.32. The Hall–Kier alpha value is -2.03. The Morgan fingerprint density at radius 1 is 1.48 bits per heavy atom. The molecule has 0 aliphatic carbocycles. The molecule has 1 aromatic carbocycles. The standard InChI is InChI=1S/C12H15F4N3O2/c1-21-9-3-2-7(10(17)19-20)4-8(9)5-18-6-12(15,16)11(13)14/h2-4,11,18,20H,5-6H2,1H3,(H2,17,19). The molecule has 118 valence electrons. The van der Waals surface area contributed by atoms with E-state index in [1.165, 1.54) is 25.3 Å². The molecule has 0 spiro atoms. The second-order valence-corrected chi connectivity index (χ2v) is 4.18. The summed E-state index contributed by atoms with van der Waals surface area (Å²) in [6.07, 6.45) is -3.74. The number of amidine groups is 1. The third-order valence-electron chi connectivity index (χ3n) is 2.68. The minimum absolute atomic E-state index is 0.141. The summed E-state index contributed by atoms with van der Waals surface area (Å²) in [7, 11) is 1.37. The lowest BCUT2D eigenvalue weighted by Gasteiger charge is -2.17. The summed E-state index contributed by atoms with van der Waals surface area (Å²) in [6, 6.07) is 4.45. The maximum Gasteiger partial charge on any atom is 0.319 e. The molecule has 0 saturated carbocycles. The van der Waals surface area contributed by atoms with Gasteiger partial charge in [0.05, 0.1) is 13.7 Å². The second kappa shape index (κ2) is 7.11. The van der Waals surface area contributed by atoms with Crippen molar-refractivity contribution in [2.45, 2.75) is 18.9 Å². The number of halogens is 4. The van der Waals surface area contributed by atoms with Gasteiger partial charge in [0.1, 0.15) is 5.75 Å². The van der Waals surface area contributed by atoms with E-state index in [4.69, 9.17) is 15.7 Å². The number of rotatable bonds is 7. The Morgan fingerprint density at radius 3 is 2.67 bits per heavy atom. The van der Waals surface area contributed by atoms with E-state index < -0.39 is 18.9 Å². The zero-order valence-corrected chi connectivity index (χ0v) is 11.1. The van der Waals surface area contributed by atoms with Crippen LogP contribution in [-0.2, 0) is 6.54 Å². The monoisotopic (exact) mass is 309 g/mol. The molecule has 0 atom stereocenters. The van der Waals surface area contributed by atoms with Gasteiger partial charge in [0.25, 0.3) is 0 Å². The van der Waals surface area contributed by atoms with Crippen LogP contribution in [0.4, 0.5) is 17.6 Å². The highest BCUT2D eigenvalue weighted by atomic mass is 19.3. The Bertz CT molecular complexity index is 509. The fourth-order valence-electron chi connectivity index (χ4n) is 1.57. The van der Waals surface area contributed by atoms with Crippen LogP contribution < -0.4 is 15.8 Å². The molecule has 0 amide bonds. The number of hydrogen-bond acceptors (Lipinski definition) is 4. The van der Waals surface area contributed by atoms with E-state index in [0.717, 1.165) is 0 Å². The molecule has 1 rings (SSSR count). The minimum atomic E-state index is -4.11. The van der Waals surface area contributed by atoms with Gasteiger partial charge < -0.3 is 21.0 Å². The first-order valence-corrected chi connectivity index (χ1v) is 5.83. The Kier molecular flexibility index (Phi) is 5.77. The highest BCUT2D eigenvalue weighted by molar-refractivity contribution is 5.97. The predicted molar refractivity (Wildman–Crippen MR) is 68.2 cm³/mol. The maximum absolute atomic E-state index is 12.8. The van der Waals surface area contributed by atoms with Gasteiger partial charge in [-0.05, 0) is 18.2 Å². The van der Waals surface area contributed by atoms with Gasteiger partial charge in [0.15, 0.2) is 5.84 Å². The Labute approximate surface area is 118 Å². The van der Waals surface area contributed by atoms with Crippen LogP contribution in [0, 0.1) is 0 Å². The number of oxime groups is 1. The van der Waals surface area contributed by atoms with Crippen LogP contribution in [0.5, 0.6) is 5.75 Å².